The van der Waals surface area contributed by atoms with Gasteiger partial charge in [0.2, 0.25) is 0 Å². The third-order valence-electron chi connectivity index (χ3n) is 5.08. The molecule has 0 N–H and O–H groups in total. The van der Waals surface area contributed by atoms with Crippen LogP contribution in [0, 0.1) is 5.82 Å². The van der Waals surface area contributed by atoms with Crippen molar-refractivity contribution in [3.8, 4) is 5.75 Å². The van der Waals surface area contributed by atoms with E-state index in [0.717, 1.165) is 33.8 Å². The molecule has 3 aromatic carbocycles. The van der Waals surface area contributed by atoms with Gasteiger partial charge in [-0.3, -0.25) is 0 Å². The molecule has 2 nitrogen and oxygen atoms in total. The van der Waals surface area contributed by atoms with E-state index in [1.807, 2.05) is 54.6 Å². The number of anilines is 1. The average Bonchev–Trinajstić information content (AvgIpc) is 2.74. The van der Waals surface area contributed by atoms with E-state index in [0.29, 0.717) is 6.42 Å². The molecule has 0 fully saturated rings. The van der Waals surface area contributed by atoms with Crippen molar-refractivity contribution in [2.45, 2.75) is 12.5 Å². The van der Waals surface area contributed by atoms with Gasteiger partial charge in [-0.15, -0.1) is 6.58 Å². The van der Waals surface area contributed by atoms with Gasteiger partial charge in [-0.05, 0) is 65.6 Å². The largest absolute Gasteiger partial charge is 0.497 e. The number of ether oxygens (including phenoxy) is 1. The minimum atomic E-state index is -0.223. The Morgan fingerprint density at radius 3 is 2.46 bits per heavy atom. The predicted molar refractivity (Wildman–Crippen MR) is 114 cm³/mol. The van der Waals surface area contributed by atoms with Crippen LogP contribution in [-0.4, -0.2) is 7.11 Å². The second-order valence-corrected chi connectivity index (χ2v) is 6.78. The Labute approximate surface area is 165 Å². The summed E-state index contributed by atoms with van der Waals surface area (Å²) in [5, 5.41) is 0. The van der Waals surface area contributed by atoms with Crippen molar-refractivity contribution < 1.29 is 9.13 Å². The summed E-state index contributed by atoms with van der Waals surface area (Å²) < 4.78 is 19.4. The van der Waals surface area contributed by atoms with Crippen molar-refractivity contribution >= 4 is 17.5 Å². The lowest BCUT2D eigenvalue weighted by atomic mass is 9.89. The first kappa shape index (κ1) is 18.1. The molecule has 3 heteroatoms. The summed E-state index contributed by atoms with van der Waals surface area (Å²) in [5.41, 5.74) is 5.23. The van der Waals surface area contributed by atoms with Gasteiger partial charge in [0, 0.05) is 11.4 Å². The number of benzene rings is 3. The van der Waals surface area contributed by atoms with E-state index in [1.54, 1.807) is 13.2 Å². The van der Waals surface area contributed by atoms with Crippen LogP contribution in [0.4, 0.5) is 10.1 Å². The Kier molecular flexibility index (Phi) is 4.98. The molecule has 28 heavy (non-hydrogen) atoms. The Hall–Kier alpha value is -3.33. The van der Waals surface area contributed by atoms with Gasteiger partial charge in [0.15, 0.2) is 0 Å². The van der Waals surface area contributed by atoms with Crippen molar-refractivity contribution in [3.63, 3.8) is 0 Å². The first-order valence-corrected chi connectivity index (χ1v) is 9.32. The topological polar surface area (TPSA) is 12.5 Å². The fraction of sp³-hybridized carbons (Fsp3) is 0.120. The molecule has 3 aromatic rings. The second-order valence-electron chi connectivity index (χ2n) is 6.78. The van der Waals surface area contributed by atoms with Crippen molar-refractivity contribution in [1.29, 1.82) is 0 Å². The Bertz CT molecular complexity index is 1010. The van der Waals surface area contributed by atoms with E-state index in [4.69, 9.17) is 4.74 Å². The minimum Gasteiger partial charge on any atom is -0.497 e. The minimum absolute atomic E-state index is 0.0446. The molecule has 0 spiro atoms. The molecule has 0 aromatic heterocycles. The highest BCUT2D eigenvalue weighted by atomic mass is 19.1. The number of fused-ring (bicyclic) bond motifs is 1. The van der Waals surface area contributed by atoms with Gasteiger partial charge in [0.1, 0.15) is 11.6 Å². The first-order chi connectivity index (χ1) is 13.7. The van der Waals surface area contributed by atoms with Crippen LogP contribution in [0.3, 0.4) is 0 Å². The zero-order chi connectivity index (χ0) is 19.5. The smallest absolute Gasteiger partial charge is 0.123 e. The molecule has 0 bridgehead atoms. The fourth-order valence-electron chi connectivity index (χ4n) is 3.77. The number of nitrogens with zero attached hydrogens (tertiary/aromatic N) is 1. The molecule has 0 radical (unpaired) electrons. The van der Waals surface area contributed by atoms with E-state index in [1.165, 1.54) is 6.07 Å². The maximum atomic E-state index is 14.1. The molecule has 1 aliphatic rings. The molecular formula is C25H22FNO. The molecule has 140 valence electrons. The van der Waals surface area contributed by atoms with Gasteiger partial charge < -0.3 is 9.64 Å². The van der Waals surface area contributed by atoms with Gasteiger partial charge in [0.05, 0.1) is 13.2 Å². The summed E-state index contributed by atoms with van der Waals surface area (Å²) in [4.78, 5) is 2.26. The Morgan fingerprint density at radius 1 is 1.04 bits per heavy atom. The Balaban J connectivity index is 1.93. The van der Waals surface area contributed by atoms with Gasteiger partial charge in [0.25, 0.3) is 0 Å². The molecule has 0 amide bonds. The van der Waals surface area contributed by atoms with Crippen molar-refractivity contribution in [3.05, 3.63) is 108 Å². The molecule has 0 saturated carbocycles. The van der Waals surface area contributed by atoms with Crippen LogP contribution < -0.4 is 9.64 Å². The summed E-state index contributed by atoms with van der Waals surface area (Å²) in [6.45, 7) is 3.94. The normalized spacial score (nSPS) is 15.6. The zero-order valence-electron chi connectivity index (χ0n) is 15.8. The van der Waals surface area contributed by atoms with Crippen LogP contribution >= 0.6 is 0 Å². The van der Waals surface area contributed by atoms with Gasteiger partial charge >= 0.3 is 0 Å². The highest BCUT2D eigenvalue weighted by molar-refractivity contribution is 5.93. The number of halogens is 1. The summed E-state index contributed by atoms with van der Waals surface area (Å²) in [6.07, 6.45) is 4.73. The molecule has 0 aliphatic carbocycles. The molecular weight excluding hydrogens is 349 g/mol. The van der Waals surface area contributed by atoms with E-state index < -0.39 is 0 Å². The van der Waals surface area contributed by atoms with Crippen molar-refractivity contribution in [1.82, 2.24) is 0 Å². The van der Waals surface area contributed by atoms with Gasteiger partial charge in [-0.25, -0.2) is 4.39 Å². The number of hydrogen-bond acceptors (Lipinski definition) is 2. The van der Waals surface area contributed by atoms with Crippen LogP contribution in [0.1, 0.15) is 29.2 Å². The van der Waals surface area contributed by atoms with E-state index >= 15 is 0 Å². The van der Waals surface area contributed by atoms with E-state index in [-0.39, 0.29) is 11.9 Å². The molecule has 1 unspecified atom stereocenters. The summed E-state index contributed by atoms with van der Waals surface area (Å²) >= 11 is 0. The second kappa shape index (κ2) is 7.73. The maximum absolute atomic E-state index is 14.1. The van der Waals surface area contributed by atoms with Gasteiger partial charge in [-0.2, -0.15) is 0 Å². The van der Waals surface area contributed by atoms with Crippen LogP contribution in [0.15, 0.2) is 85.5 Å². The summed E-state index contributed by atoms with van der Waals surface area (Å²) in [5.74, 6) is 0.580. The first-order valence-electron chi connectivity index (χ1n) is 9.32. The SMILES string of the molecule is C=CCC1c2cc(F)ccc2C=C(c2ccccc2)N1c1ccc(OC)cc1. The molecule has 1 heterocycles. The zero-order valence-corrected chi connectivity index (χ0v) is 15.8. The monoisotopic (exact) mass is 371 g/mol. The lowest BCUT2D eigenvalue weighted by Gasteiger charge is -2.39. The summed E-state index contributed by atoms with van der Waals surface area (Å²) in [6, 6.07) is 23.2. The lowest BCUT2D eigenvalue weighted by molar-refractivity contribution is 0.415. The number of hydrogen-bond donors (Lipinski definition) is 0. The quantitative estimate of drug-likeness (QED) is 0.477. The number of rotatable bonds is 5. The van der Waals surface area contributed by atoms with Crippen LogP contribution in [0.5, 0.6) is 5.75 Å². The van der Waals surface area contributed by atoms with Crippen LogP contribution in [0.2, 0.25) is 0 Å². The van der Waals surface area contributed by atoms with Crippen LogP contribution in [0.25, 0.3) is 11.8 Å². The molecule has 0 saturated heterocycles. The average molecular weight is 371 g/mol. The molecule has 1 aliphatic heterocycles. The summed E-state index contributed by atoms with van der Waals surface area (Å²) in [7, 11) is 1.66. The highest BCUT2D eigenvalue weighted by Crippen LogP contribution is 2.44. The third kappa shape index (κ3) is 3.31. The number of methoxy groups -OCH3 is 1. The van der Waals surface area contributed by atoms with Crippen LogP contribution in [-0.2, 0) is 0 Å². The van der Waals surface area contributed by atoms with E-state index in [9.17, 15) is 4.39 Å². The maximum Gasteiger partial charge on any atom is 0.123 e. The molecule has 4 rings (SSSR count). The fourth-order valence-corrected chi connectivity index (χ4v) is 3.77. The van der Waals surface area contributed by atoms with Gasteiger partial charge in [-0.1, -0.05) is 42.5 Å². The van der Waals surface area contributed by atoms with Crippen molar-refractivity contribution in [2.75, 3.05) is 12.0 Å². The third-order valence-corrected chi connectivity index (χ3v) is 5.08. The Morgan fingerprint density at radius 2 is 1.79 bits per heavy atom. The highest BCUT2D eigenvalue weighted by Gasteiger charge is 2.30. The lowest BCUT2D eigenvalue weighted by Crippen LogP contribution is -2.30. The predicted octanol–water partition coefficient (Wildman–Crippen LogP) is 6.47. The molecule has 1 atom stereocenters. The standard InChI is InChI=1S/C25H22FNO/c1-3-7-24-23-17-20(26)11-10-19(23)16-25(18-8-5-4-6-9-18)27(24)21-12-14-22(28-2)15-13-21/h3-6,8-17,24H,1,7H2,2H3. The van der Waals surface area contributed by atoms with Crippen molar-refractivity contribution in [2.24, 2.45) is 0 Å². The van der Waals surface area contributed by atoms with E-state index in [2.05, 4.69) is 29.7 Å².